The number of hydrogen-bond acceptors (Lipinski definition) is 3. The van der Waals surface area contributed by atoms with Crippen molar-refractivity contribution in [1.82, 2.24) is 4.98 Å². The van der Waals surface area contributed by atoms with E-state index >= 15 is 0 Å². The Balaban J connectivity index is 2.06. The number of anilines is 1. The summed E-state index contributed by atoms with van der Waals surface area (Å²) in [6, 6.07) is 19.7. The van der Waals surface area contributed by atoms with Gasteiger partial charge in [-0.25, -0.2) is 0 Å². The number of nitrogens with zero attached hydrogens (tertiary/aromatic N) is 1. The molecule has 3 nitrogen and oxygen atoms in total. The van der Waals surface area contributed by atoms with Crippen molar-refractivity contribution >= 4 is 22.4 Å². The summed E-state index contributed by atoms with van der Waals surface area (Å²) in [5, 5.41) is 3.30. The van der Waals surface area contributed by atoms with Gasteiger partial charge in [-0.1, -0.05) is 54.6 Å². The molecule has 0 bridgehead atoms. The van der Waals surface area contributed by atoms with Gasteiger partial charge in [0, 0.05) is 41.0 Å². The molecule has 6 heteroatoms. The minimum Gasteiger partial charge on any atom is -0.388 e. The summed E-state index contributed by atoms with van der Waals surface area (Å²) in [7, 11) is 1.75. The summed E-state index contributed by atoms with van der Waals surface area (Å²) in [5.41, 5.74) is 1.52. The van der Waals surface area contributed by atoms with Crippen molar-refractivity contribution in [3.63, 3.8) is 0 Å². The number of rotatable bonds is 4. The molecule has 4 rings (SSSR count). The van der Waals surface area contributed by atoms with E-state index in [0.29, 0.717) is 16.7 Å². The fourth-order valence-corrected chi connectivity index (χ4v) is 3.51. The molecule has 30 heavy (non-hydrogen) atoms. The second-order valence-corrected chi connectivity index (χ2v) is 6.77. The Kier molecular flexibility index (Phi) is 4.99. The zero-order valence-corrected chi connectivity index (χ0v) is 16.0. The van der Waals surface area contributed by atoms with Crippen LogP contribution in [0.4, 0.5) is 18.9 Å². The van der Waals surface area contributed by atoms with E-state index in [2.05, 4.69) is 10.3 Å². The number of nitrogens with one attached hydrogen (secondary N) is 1. The Hall–Kier alpha value is -3.67. The molecule has 1 aromatic heterocycles. The van der Waals surface area contributed by atoms with Gasteiger partial charge in [0.2, 0.25) is 0 Å². The molecule has 4 aromatic rings. The van der Waals surface area contributed by atoms with Gasteiger partial charge in [0.25, 0.3) is 0 Å². The number of para-hydroxylation sites is 1. The molecule has 0 aliphatic rings. The van der Waals surface area contributed by atoms with E-state index in [-0.39, 0.29) is 22.2 Å². The molecule has 0 saturated carbocycles. The predicted octanol–water partition coefficient (Wildman–Crippen LogP) is 6.19. The molecule has 0 fully saturated rings. The number of halogens is 3. The Morgan fingerprint density at radius 3 is 2.37 bits per heavy atom. The lowest BCUT2D eigenvalue weighted by molar-refractivity contribution is -0.136. The third-order valence-corrected chi connectivity index (χ3v) is 4.92. The van der Waals surface area contributed by atoms with Gasteiger partial charge in [-0.2, -0.15) is 13.2 Å². The number of carbonyl (C=O) groups is 1. The van der Waals surface area contributed by atoms with Crippen LogP contribution in [0.5, 0.6) is 0 Å². The zero-order chi connectivity index (χ0) is 21.3. The van der Waals surface area contributed by atoms with Crippen LogP contribution in [0.3, 0.4) is 0 Å². The van der Waals surface area contributed by atoms with Gasteiger partial charge in [-0.3, -0.25) is 9.78 Å². The summed E-state index contributed by atoms with van der Waals surface area (Å²) in [4.78, 5) is 17.3. The van der Waals surface area contributed by atoms with Crippen molar-refractivity contribution in [3.8, 4) is 11.1 Å². The molecule has 0 unspecified atom stereocenters. The van der Waals surface area contributed by atoms with Crippen LogP contribution < -0.4 is 5.32 Å². The summed E-state index contributed by atoms with van der Waals surface area (Å²) >= 11 is 0. The van der Waals surface area contributed by atoms with E-state index in [0.717, 1.165) is 11.8 Å². The number of fused-ring (bicyclic) bond motifs is 1. The number of aromatic nitrogens is 1. The molecular formula is C24H17F3N2O. The highest BCUT2D eigenvalue weighted by molar-refractivity contribution is 6.16. The van der Waals surface area contributed by atoms with Crippen LogP contribution in [0, 0.1) is 0 Å². The molecule has 150 valence electrons. The first-order valence-electron chi connectivity index (χ1n) is 9.27. The lowest BCUT2D eigenvalue weighted by Crippen LogP contribution is -2.09. The van der Waals surface area contributed by atoms with E-state index in [1.807, 2.05) is 6.07 Å². The maximum absolute atomic E-state index is 13.6. The molecule has 0 radical (unpaired) electrons. The van der Waals surface area contributed by atoms with Gasteiger partial charge < -0.3 is 5.32 Å². The Morgan fingerprint density at radius 2 is 1.67 bits per heavy atom. The fraction of sp³-hybridized carbons (Fsp3) is 0.0833. The minimum atomic E-state index is -4.55. The van der Waals surface area contributed by atoms with Crippen LogP contribution in [-0.2, 0) is 6.18 Å². The summed E-state index contributed by atoms with van der Waals surface area (Å²) < 4.78 is 40.7. The first kappa shape index (κ1) is 19.6. The zero-order valence-electron chi connectivity index (χ0n) is 16.0. The van der Waals surface area contributed by atoms with Crippen molar-refractivity contribution in [1.29, 1.82) is 0 Å². The van der Waals surface area contributed by atoms with Crippen LogP contribution in [0.1, 0.15) is 21.5 Å². The third-order valence-electron chi connectivity index (χ3n) is 4.92. The normalized spacial score (nSPS) is 11.5. The standard InChI is InChI=1S/C24H17F3N2O/c1-28-17-10-5-9-16(13-17)21-18-11-6-12-20(24(25,26)27)22(18)29-14-19(21)23(30)15-7-3-2-4-8-15/h2-14,28H,1H3. The first-order chi connectivity index (χ1) is 14.4. The number of benzene rings is 3. The van der Waals surface area contributed by atoms with Crippen molar-refractivity contribution in [3.05, 3.63) is 95.7 Å². The van der Waals surface area contributed by atoms with E-state index < -0.39 is 11.7 Å². The van der Waals surface area contributed by atoms with Crippen molar-refractivity contribution in [2.75, 3.05) is 12.4 Å². The fourth-order valence-electron chi connectivity index (χ4n) is 3.51. The second-order valence-electron chi connectivity index (χ2n) is 6.77. The molecule has 1 heterocycles. The molecule has 0 amide bonds. The molecule has 0 aliphatic heterocycles. The Morgan fingerprint density at radius 1 is 0.933 bits per heavy atom. The van der Waals surface area contributed by atoms with Crippen LogP contribution in [-0.4, -0.2) is 17.8 Å². The number of alkyl halides is 3. The van der Waals surface area contributed by atoms with Crippen molar-refractivity contribution in [2.45, 2.75) is 6.18 Å². The molecule has 0 saturated heterocycles. The molecule has 0 spiro atoms. The third kappa shape index (κ3) is 3.52. The average molecular weight is 406 g/mol. The maximum atomic E-state index is 13.6. The van der Waals surface area contributed by atoms with Gasteiger partial charge in [0.1, 0.15) is 0 Å². The summed E-state index contributed by atoms with van der Waals surface area (Å²) in [6.45, 7) is 0. The van der Waals surface area contributed by atoms with Crippen LogP contribution in [0.25, 0.3) is 22.0 Å². The molecule has 0 atom stereocenters. The largest absolute Gasteiger partial charge is 0.418 e. The highest BCUT2D eigenvalue weighted by Gasteiger charge is 2.34. The molecule has 3 aromatic carbocycles. The van der Waals surface area contributed by atoms with E-state index in [4.69, 9.17) is 0 Å². The van der Waals surface area contributed by atoms with Gasteiger partial charge in [-0.05, 0) is 23.8 Å². The van der Waals surface area contributed by atoms with Crippen LogP contribution in [0.2, 0.25) is 0 Å². The van der Waals surface area contributed by atoms with E-state index in [9.17, 15) is 18.0 Å². The Labute approximate surface area is 171 Å². The number of carbonyl (C=O) groups excluding carboxylic acids is 1. The Bertz CT molecular complexity index is 1230. The van der Waals surface area contributed by atoms with Crippen LogP contribution >= 0.6 is 0 Å². The second kappa shape index (κ2) is 7.63. The lowest BCUT2D eigenvalue weighted by Gasteiger charge is -2.16. The molecule has 1 N–H and O–H groups in total. The van der Waals surface area contributed by atoms with E-state index in [1.54, 1.807) is 61.6 Å². The SMILES string of the molecule is CNc1cccc(-c2c(C(=O)c3ccccc3)cnc3c(C(F)(F)F)cccc23)c1. The molecular weight excluding hydrogens is 389 g/mol. The first-order valence-corrected chi connectivity index (χ1v) is 9.27. The number of pyridine rings is 1. The van der Waals surface area contributed by atoms with Crippen molar-refractivity contribution < 1.29 is 18.0 Å². The monoisotopic (exact) mass is 406 g/mol. The lowest BCUT2D eigenvalue weighted by atomic mass is 9.91. The summed E-state index contributed by atoms with van der Waals surface area (Å²) in [6.07, 6.45) is -3.31. The predicted molar refractivity (Wildman–Crippen MR) is 112 cm³/mol. The average Bonchev–Trinajstić information content (AvgIpc) is 2.77. The highest BCUT2D eigenvalue weighted by atomic mass is 19.4. The highest BCUT2D eigenvalue weighted by Crippen LogP contribution is 2.39. The van der Waals surface area contributed by atoms with Gasteiger partial charge in [-0.15, -0.1) is 0 Å². The maximum Gasteiger partial charge on any atom is 0.418 e. The number of hydrogen-bond donors (Lipinski definition) is 1. The quantitative estimate of drug-likeness (QED) is 0.411. The smallest absolute Gasteiger partial charge is 0.388 e. The van der Waals surface area contributed by atoms with E-state index in [1.165, 1.54) is 12.3 Å². The van der Waals surface area contributed by atoms with Crippen molar-refractivity contribution in [2.24, 2.45) is 0 Å². The van der Waals surface area contributed by atoms with Gasteiger partial charge in [0.15, 0.2) is 5.78 Å². The topological polar surface area (TPSA) is 42.0 Å². The van der Waals surface area contributed by atoms with Gasteiger partial charge in [0.05, 0.1) is 11.1 Å². The summed E-state index contributed by atoms with van der Waals surface area (Å²) in [5.74, 6) is -0.299. The molecule has 0 aliphatic carbocycles. The van der Waals surface area contributed by atoms with Gasteiger partial charge >= 0.3 is 6.18 Å². The minimum absolute atomic E-state index is 0.181. The number of ketones is 1. The van der Waals surface area contributed by atoms with Crippen LogP contribution in [0.15, 0.2) is 79.0 Å².